The second-order valence-corrected chi connectivity index (χ2v) is 11.5. The molecule has 1 spiro atoms. The lowest BCUT2D eigenvalue weighted by molar-refractivity contribution is -0.148. The van der Waals surface area contributed by atoms with Gasteiger partial charge in [0.1, 0.15) is 11.6 Å². The molecule has 39 heavy (non-hydrogen) atoms. The summed E-state index contributed by atoms with van der Waals surface area (Å²) in [4.78, 5) is 47.6. The van der Waals surface area contributed by atoms with Crippen LogP contribution in [-0.2, 0) is 19.1 Å². The van der Waals surface area contributed by atoms with Gasteiger partial charge in [0.2, 0.25) is 11.8 Å². The smallest absolute Gasteiger partial charge is 0.253 e. The molecule has 1 aromatic carbocycles. The number of carbonyl (C=O) groups excluding carboxylic acids is 3. The van der Waals surface area contributed by atoms with E-state index < -0.39 is 35.6 Å². The number of likely N-dealkylation sites (tertiary alicyclic amines) is 1. The minimum atomic E-state index is -1.17. The summed E-state index contributed by atoms with van der Waals surface area (Å²) in [7, 11) is 0. The van der Waals surface area contributed by atoms with Crippen molar-refractivity contribution in [3.05, 3.63) is 54.6 Å². The number of hydrogen-bond acceptors (Lipinski definition) is 5. The van der Waals surface area contributed by atoms with Gasteiger partial charge in [0.05, 0.1) is 41.3 Å². The number of para-hydroxylation sites is 1. The van der Waals surface area contributed by atoms with Crippen LogP contribution >= 0.6 is 11.6 Å². The normalized spacial score (nSPS) is 27.9. The van der Waals surface area contributed by atoms with Gasteiger partial charge in [-0.3, -0.25) is 14.4 Å². The molecule has 3 amide bonds. The van der Waals surface area contributed by atoms with E-state index in [1.807, 2.05) is 20.8 Å². The SMILES string of the molecule is C=CCN(CCC)C(=O)[C@@H]1[C@H]2C(=O)N([C@@H](CO)C(C)C)C(C(=O)N(CC=C)c3ccccc3Cl)C23CC[C@H]1O3. The Morgan fingerprint density at radius 2 is 1.92 bits per heavy atom. The first-order chi connectivity index (χ1) is 18.7. The zero-order chi connectivity index (χ0) is 28.5. The third-order valence-corrected chi connectivity index (χ3v) is 8.77. The molecule has 0 aliphatic carbocycles. The number of aliphatic hydroxyl groups excluding tert-OH is 1. The van der Waals surface area contributed by atoms with Crippen molar-refractivity contribution in [2.24, 2.45) is 17.8 Å². The molecule has 1 aromatic rings. The van der Waals surface area contributed by atoms with Crippen LogP contribution in [0.5, 0.6) is 0 Å². The fourth-order valence-corrected chi connectivity index (χ4v) is 7.05. The summed E-state index contributed by atoms with van der Waals surface area (Å²) < 4.78 is 6.60. The van der Waals surface area contributed by atoms with Crippen molar-refractivity contribution in [2.75, 3.05) is 31.1 Å². The summed E-state index contributed by atoms with van der Waals surface area (Å²) in [6.07, 6.45) is 4.66. The third-order valence-electron chi connectivity index (χ3n) is 8.45. The van der Waals surface area contributed by atoms with E-state index in [9.17, 15) is 19.5 Å². The zero-order valence-corrected chi connectivity index (χ0v) is 23.8. The van der Waals surface area contributed by atoms with Crippen LogP contribution in [0.25, 0.3) is 0 Å². The molecule has 0 saturated carbocycles. The molecule has 3 heterocycles. The van der Waals surface area contributed by atoms with Crippen molar-refractivity contribution < 1.29 is 24.2 Å². The van der Waals surface area contributed by atoms with Gasteiger partial charge in [-0.15, -0.1) is 13.2 Å². The lowest BCUT2D eigenvalue weighted by Crippen LogP contribution is -2.59. The Morgan fingerprint density at radius 3 is 2.51 bits per heavy atom. The van der Waals surface area contributed by atoms with Gasteiger partial charge in [0.15, 0.2) is 0 Å². The number of hydrogen-bond donors (Lipinski definition) is 1. The summed E-state index contributed by atoms with van der Waals surface area (Å²) in [6.45, 7) is 14.2. The van der Waals surface area contributed by atoms with Crippen LogP contribution in [0, 0.1) is 17.8 Å². The number of halogens is 1. The molecular formula is C30H40ClN3O5. The highest BCUT2D eigenvalue weighted by molar-refractivity contribution is 6.34. The fourth-order valence-electron chi connectivity index (χ4n) is 6.81. The second-order valence-electron chi connectivity index (χ2n) is 11.1. The molecule has 3 fully saturated rings. The molecule has 3 aliphatic rings. The Kier molecular flexibility index (Phi) is 8.88. The van der Waals surface area contributed by atoms with Crippen molar-refractivity contribution >= 4 is 35.0 Å². The number of rotatable bonds is 12. The van der Waals surface area contributed by atoms with Crippen LogP contribution in [0.15, 0.2) is 49.6 Å². The lowest BCUT2D eigenvalue weighted by Gasteiger charge is -2.40. The van der Waals surface area contributed by atoms with Gasteiger partial charge in [0.25, 0.3) is 5.91 Å². The van der Waals surface area contributed by atoms with E-state index in [0.717, 1.165) is 6.42 Å². The number of amides is 3. The number of carbonyl (C=O) groups is 3. The average molecular weight is 558 g/mol. The molecule has 9 heteroatoms. The summed E-state index contributed by atoms with van der Waals surface area (Å²) in [5.74, 6) is -2.46. The lowest BCUT2D eigenvalue weighted by atomic mass is 9.70. The topological polar surface area (TPSA) is 90.4 Å². The van der Waals surface area contributed by atoms with Gasteiger partial charge >= 0.3 is 0 Å². The van der Waals surface area contributed by atoms with E-state index in [1.54, 1.807) is 41.3 Å². The van der Waals surface area contributed by atoms with Crippen LogP contribution in [0.4, 0.5) is 5.69 Å². The maximum absolute atomic E-state index is 14.6. The standard InChI is InChI=1S/C30H40ClN3O5/c1-6-15-32(16-7-2)27(36)24-23-13-14-30(39-23)25(24)28(37)34(22(18-35)19(4)5)26(30)29(38)33(17-8-3)21-12-10-9-11-20(21)31/h6,8-12,19,22-26,35H,1,3,7,13-18H2,2,4-5H3/t22-,23+,24-,25-,26?,30?/m0/s1. The van der Waals surface area contributed by atoms with Crippen LogP contribution in [0.3, 0.4) is 0 Å². The van der Waals surface area contributed by atoms with Crippen molar-refractivity contribution in [3.63, 3.8) is 0 Å². The molecular weight excluding hydrogens is 518 g/mol. The highest BCUT2D eigenvalue weighted by Gasteiger charge is 2.75. The van der Waals surface area contributed by atoms with Crippen LogP contribution in [-0.4, -0.2) is 82.7 Å². The number of aliphatic hydroxyl groups is 1. The number of benzene rings is 1. The second kappa shape index (κ2) is 11.8. The largest absolute Gasteiger partial charge is 0.394 e. The maximum Gasteiger partial charge on any atom is 0.253 e. The fraction of sp³-hybridized carbons (Fsp3) is 0.567. The van der Waals surface area contributed by atoms with E-state index in [1.165, 1.54) is 9.80 Å². The van der Waals surface area contributed by atoms with Crippen molar-refractivity contribution in [1.29, 1.82) is 0 Å². The van der Waals surface area contributed by atoms with E-state index in [-0.39, 0.29) is 36.8 Å². The zero-order valence-electron chi connectivity index (χ0n) is 23.1. The van der Waals surface area contributed by atoms with E-state index in [0.29, 0.717) is 36.6 Å². The molecule has 212 valence electrons. The molecule has 3 aliphatic heterocycles. The number of fused-ring (bicyclic) bond motifs is 1. The van der Waals surface area contributed by atoms with Gasteiger partial charge in [0, 0.05) is 19.6 Å². The number of ether oxygens (including phenoxy) is 1. The first-order valence-corrected chi connectivity index (χ1v) is 14.2. The summed E-state index contributed by atoms with van der Waals surface area (Å²) in [6, 6.07) is 5.39. The predicted octanol–water partition coefficient (Wildman–Crippen LogP) is 3.68. The molecule has 3 saturated heterocycles. The quantitative estimate of drug-likeness (QED) is 0.396. The molecule has 0 radical (unpaired) electrons. The van der Waals surface area contributed by atoms with Gasteiger partial charge in [-0.25, -0.2) is 0 Å². The van der Waals surface area contributed by atoms with Crippen LogP contribution < -0.4 is 4.90 Å². The predicted molar refractivity (Wildman–Crippen MR) is 151 cm³/mol. The molecule has 2 unspecified atom stereocenters. The Hall–Kier alpha value is -2.68. The summed E-state index contributed by atoms with van der Waals surface area (Å²) in [5, 5.41) is 10.8. The summed E-state index contributed by atoms with van der Waals surface area (Å²) in [5.41, 5.74) is -0.671. The molecule has 1 N–H and O–H groups in total. The molecule has 0 aromatic heterocycles. The molecule has 4 rings (SSSR count). The first-order valence-electron chi connectivity index (χ1n) is 13.9. The average Bonchev–Trinajstić information content (AvgIpc) is 3.55. The van der Waals surface area contributed by atoms with Gasteiger partial charge < -0.3 is 24.5 Å². The van der Waals surface area contributed by atoms with Gasteiger partial charge in [-0.05, 0) is 37.3 Å². The minimum absolute atomic E-state index is 0.138. The van der Waals surface area contributed by atoms with Crippen molar-refractivity contribution in [1.82, 2.24) is 9.80 Å². The number of nitrogens with zero attached hydrogens (tertiary/aromatic N) is 3. The Labute approximate surface area is 236 Å². The minimum Gasteiger partial charge on any atom is -0.394 e. The van der Waals surface area contributed by atoms with Crippen LogP contribution in [0.2, 0.25) is 5.02 Å². The Morgan fingerprint density at radius 1 is 1.23 bits per heavy atom. The monoisotopic (exact) mass is 557 g/mol. The highest BCUT2D eigenvalue weighted by atomic mass is 35.5. The van der Waals surface area contributed by atoms with Crippen molar-refractivity contribution in [2.45, 2.75) is 63.8 Å². The molecule has 2 bridgehead atoms. The summed E-state index contributed by atoms with van der Waals surface area (Å²) >= 11 is 6.52. The molecule has 8 nitrogen and oxygen atoms in total. The van der Waals surface area contributed by atoms with Gasteiger partial charge in [-0.2, -0.15) is 0 Å². The maximum atomic E-state index is 14.6. The third kappa shape index (κ3) is 4.81. The molecule has 6 atom stereocenters. The number of anilines is 1. The van der Waals surface area contributed by atoms with E-state index in [2.05, 4.69) is 13.2 Å². The first kappa shape index (κ1) is 29.3. The highest BCUT2D eigenvalue weighted by Crippen LogP contribution is 2.59. The van der Waals surface area contributed by atoms with E-state index in [4.69, 9.17) is 16.3 Å². The van der Waals surface area contributed by atoms with Crippen molar-refractivity contribution in [3.8, 4) is 0 Å². The Balaban J connectivity index is 1.83. The Bertz CT molecular complexity index is 1130. The van der Waals surface area contributed by atoms with Crippen LogP contribution in [0.1, 0.15) is 40.0 Å². The van der Waals surface area contributed by atoms with Gasteiger partial charge in [-0.1, -0.05) is 56.7 Å². The van der Waals surface area contributed by atoms with E-state index >= 15 is 0 Å².